The molecule has 0 saturated carbocycles. The van der Waals surface area contributed by atoms with Gasteiger partial charge in [-0.3, -0.25) is 0 Å². The second-order valence-corrected chi connectivity index (χ2v) is 5.01. The van der Waals surface area contributed by atoms with Crippen molar-refractivity contribution >= 4 is 5.69 Å². The van der Waals surface area contributed by atoms with Crippen LogP contribution in [0.15, 0.2) is 18.2 Å². The van der Waals surface area contributed by atoms with Gasteiger partial charge in [-0.25, -0.2) is 0 Å². The minimum Gasteiger partial charge on any atom is -0.389 e. The fourth-order valence-corrected chi connectivity index (χ4v) is 2.59. The summed E-state index contributed by atoms with van der Waals surface area (Å²) in [6.07, 6.45) is 1.82. The van der Waals surface area contributed by atoms with Gasteiger partial charge in [-0.2, -0.15) is 5.26 Å². The molecule has 4 heteroatoms. The van der Waals surface area contributed by atoms with Crippen molar-refractivity contribution in [1.29, 1.82) is 5.26 Å². The van der Waals surface area contributed by atoms with E-state index in [4.69, 9.17) is 10.00 Å². The summed E-state index contributed by atoms with van der Waals surface area (Å²) in [6, 6.07) is 7.61. The van der Waals surface area contributed by atoms with Crippen LogP contribution in [0, 0.1) is 11.3 Å². The molecule has 1 saturated heterocycles. The highest BCUT2D eigenvalue weighted by Crippen LogP contribution is 2.30. The molecule has 2 atom stereocenters. The zero-order valence-electron chi connectivity index (χ0n) is 11.5. The maximum Gasteiger partial charge on any atom is 0.0992 e. The summed E-state index contributed by atoms with van der Waals surface area (Å²) in [5.41, 5.74) is 2.45. The molecule has 1 fully saturated rings. The first kappa shape index (κ1) is 13.9. The lowest BCUT2D eigenvalue weighted by Crippen LogP contribution is -2.39. The van der Waals surface area contributed by atoms with Crippen LogP contribution in [0.25, 0.3) is 0 Å². The lowest BCUT2D eigenvalue weighted by molar-refractivity contribution is 0.0891. The molecule has 1 aliphatic rings. The Balaban J connectivity index is 2.33. The number of aliphatic hydroxyl groups excluding tert-OH is 1. The predicted octanol–water partition coefficient (Wildman–Crippen LogP) is 2.23. The standard InChI is InChI=1S/C15H20N2O2/c1-11(18)14-6-5-12(9-16)8-15(14)17-7-3-4-13(10-17)19-2/h5-6,8,11,13,18H,3-4,7,10H2,1-2H3. The van der Waals surface area contributed by atoms with Gasteiger partial charge in [-0.1, -0.05) is 6.07 Å². The van der Waals surface area contributed by atoms with Crippen molar-refractivity contribution in [2.45, 2.75) is 32.0 Å². The highest BCUT2D eigenvalue weighted by molar-refractivity contribution is 5.58. The lowest BCUT2D eigenvalue weighted by Gasteiger charge is -2.35. The van der Waals surface area contributed by atoms with E-state index >= 15 is 0 Å². The van der Waals surface area contributed by atoms with Crippen molar-refractivity contribution in [2.24, 2.45) is 0 Å². The number of piperidine rings is 1. The average molecular weight is 260 g/mol. The Morgan fingerprint density at radius 1 is 1.53 bits per heavy atom. The van der Waals surface area contributed by atoms with Crippen LogP contribution in [-0.2, 0) is 4.74 Å². The Morgan fingerprint density at radius 3 is 2.95 bits per heavy atom. The Kier molecular flexibility index (Phi) is 4.41. The van der Waals surface area contributed by atoms with Crippen LogP contribution in [0.4, 0.5) is 5.69 Å². The largest absolute Gasteiger partial charge is 0.389 e. The van der Waals surface area contributed by atoms with Gasteiger partial charge in [0.2, 0.25) is 0 Å². The molecule has 1 aliphatic heterocycles. The molecule has 0 spiro atoms. The number of methoxy groups -OCH3 is 1. The molecule has 4 nitrogen and oxygen atoms in total. The van der Waals surface area contributed by atoms with Crippen LogP contribution < -0.4 is 4.90 Å². The van der Waals surface area contributed by atoms with Gasteiger partial charge in [0.1, 0.15) is 0 Å². The molecule has 2 unspecified atom stereocenters. The van der Waals surface area contributed by atoms with Crippen LogP contribution in [0.3, 0.4) is 0 Å². The highest BCUT2D eigenvalue weighted by Gasteiger charge is 2.22. The molecule has 1 N–H and O–H groups in total. The van der Waals surface area contributed by atoms with E-state index in [1.165, 1.54) is 0 Å². The van der Waals surface area contributed by atoms with E-state index in [1.807, 2.05) is 12.1 Å². The van der Waals surface area contributed by atoms with Crippen molar-refractivity contribution in [2.75, 3.05) is 25.1 Å². The molecule has 0 amide bonds. The molecular weight excluding hydrogens is 240 g/mol. The molecule has 19 heavy (non-hydrogen) atoms. The number of nitrogens with zero attached hydrogens (tertiary/aromatic N) is 2. The summed E-state index contributed by atoms with van der Waals surface area (Å²) in [6.45, 7) is 3.50. The van der Waals surface area contributed by atoms with Gasteiger partial charge in [0.25, 0.3) is 0 Å². The van der Waals surface area contributed by atoms with Gasteiger partial charge >= 0.3 is 0 Å². The van der Waals surface area contributed by atoms with Gasteiger partial charge in [0, 0.05) is 31.5 Å². The Hall–Kier alpha value is -1.57. The van der Waals surface area contributed by atoms with Crippen molar-refractivity contribution < 1.29 is 9.84 Å². The van der Waals surface area contributed by atoms with E-state index in [1.54, 1.807) is 20.1 Å². The fourth-order valence-electron chi connectivity index (χ4n) is 2.59. The third-order valence-electron chi connectivity index (χ3n) is 3.66. The highest BCUT2D eigenvalue weighted by atomic mass is 16.5. The number of hydrogen-bond acceptors (Lipinski definition) is 4. The minimum atomic E-state index is -0.536. The maximum absolute atomic E-state index is 9.88. The molecule has 2 rings (SSSR count). The average Bonchev–Trinajstić information content (AvgIpc) is 2.46. The van der Waals surface area contributed by atoms with Crippen molar-refractivity contribution in [3.63, 3.8) is 0 Å². The molecule has 0 bridgehead atoms. The third-order valence-corrected chi connectivity index (χ3v) is 3.66. The molecule has 0 aromatic heterocycles. The minimum absolute atomic E-state index is 0.223. The Morgan fingerprint density at radius 2 is 2.32 bits per heavy atom. The first-order chi connectivity index (χ1) is 9.15. The summed E-state index contributed by atoms with van der Waals surface area (Å²) in [4.78, 5) is 2.21. The van der Waals surface area contributed by atoms with Crippen LogP contribution in [0.1, 0.15) is 37.0 Å². The zero-order valence-corrected chi connectivity index (χ0v) is 11.5. The van der Waals surface area contributed by atoms with Gasteiger partial charge in [-0.05, 0) is 31.9 Å². The van der Waals surface area contributed by atoms with Crippen molar-refractivity contribution in [3.8, 4) is 6.07 Å². The van der Waals surface area contributed by atoms with Crippen LogP contribution in [-0.4, -0.2) is 31.4 Å². The smallest absolute Gasteiger partial charge is 0.0992 e. The Bertz CT molecular complexity index is 480. The second kappa shape index (κ2) is 6.05. The number of hydrogen-bond donors (Lipinski definition) is 1. The van der Waals surface area contributed by atoms with E-state index in [2.05, 4.69) is 11.0 Å². The number of rotatable bonds is 3. The topological polar surface area (TPSA) is 56.5 Å². The van der Waals surface area contributed by atoms with Crippen molar-refractivity contribution in [1.82, 2.24) is 0 Å². The van der Waals surface area contributed by atoms with E-state index in [0.717, 1.165) is 37.2 Å². The zero-order chi connectivity index (χ0) is 13.8. The Labute approximate surface area is 114 Å². The van der Waals surface area contributed by atoms with Gasteiger partial charge in [0.05, 0.1) is 23.8 Å². The van der Waals surface area contributed by atoms with Crippen LogP contribution in [0.5, 0.6) is 0 Å². The van der Waals surface area contributed by atoms with Gasteiger partial charge < -0.3 is 14.7 Å². The SMILES string of the molecule is COC1CCCN(c2cc(C#N)ccc2C(C)O)C1. The monoisotopic (exact) mass is 260 g/mol. The normalized spacial score (nSPS) is 20.9. The third kappa shape index (κ3) is 3.06. The van der Waals surface area contributed by atoms with Gasteiger partial charge in [0.15, 0.2) is 0 Å². The summed E-state index contributed by atoms with van der Waals surface area (Å²) in [7, 11) is 1.73. The molecule has 1 aromatic rings. The van der Waals surface area contributed by atoms with Crippen LogP contribution >= 0.6 is 0 Å². The summed E-state index contributed by atoms with van der Waals surface area (Å²) in [5.74, 6) is 0. The first-order valence-corrected chi connectivity index (χ1v) is 6.65. The first-order valence-electron chi connectivity index (χ1n) is 6.65. The van der Waals surface area contributed by atoms with E-state index in [9.17, 15) is 5.11 Å². The molecule has 1 aromatic carbocycles. The molecule has 1 heterocycles. The number of anilines is 1. The predicted molar refractivity (Wildman–Crippen MR) is 74.0 cm³/mol. The fraction of sp³-hybridized carbons (Fsp3) is 0.533. The summed E-state index contributed by atoms with van der Waals surface area (Å²) in [5, 5.41) is 18.9. The number of benzene rings is 1. The lowest BCUT2D eigenvalue weighted by atomic mass is 10.0. The van der Waals surface area contributed by atoms with E-state index < -0.39 is 6.10 Å². The number of aliphatic hydroxyl groups is 1. The van der Waals surface area contributed by atoms with E-state index in [0.29, 0.717) is 5.56 Å². The number of nitriles is 1. The molecule has 0 aliphatic carbocycles. The summed E-state index contributed by atoms with van der Waals surface area (Å²) >= 11 is 0. The maximum atomic E-state index is 9.88. The van der Waals surface area contributed by atoms with E-state index in [-0.39, 0.29) is 6.10 Å². The summed E-state index contributed by atoms with van der Waals surface area (Å²) < 4.78 is 5.43. The number of ether oxygens (including phenoxy) is 1. The second-order valence-electron chi connectivity index (χ2n) is 5.01. The van der Waals surface area contributed by atoms with Crippen LogP contribution in [0.2, 0.25) is 0 Å². The van der Waals surface area contributed by atoms with Crippen molar-refractivity contribution in [3.05, 3.63) is 29.3 Å². The quantitative estimate of drug-likeness (QED) is 0.905. The molecule has 0 radical (unpaired) electrons. The molecular formula is C15H20N2O2. The molecule has 102 valence electrons. The van der Waals surface area contributed by atoms with Gasteiger partial charge in [-0.15, -0.1) is 0 Å².